The molecule has 0 aliphatic carbocycles. The number of benzene rings is 1. The summed E-state index contributed by atoms with van der Waals surface area (Å²) in [6.45, 7) is 2.24. The molecule has 4 nitrogen and oxygen atoms in total. The molecule has 0 aliphatic heterocycles. The molecule has 0 heterocycles. The number of methoxy groups -OCH3 is 1. The molecule has 3 N–H and O–H groups in total. The van der Waals surface area contributed by atoms with Crippen molar-refractivity contribution in [1.29, 1.82) is 0 Å². The Labute approximate surface area is 100.0 Å². The highest BCUT2D eigenvalue weighted by molar-refractivity contribution is 5.94. The Balaban J connectivity index is 2.82. The number of carbonyl (C=O) groups excluding carboxylic acids is 1. The van der Waals surface area contributed by atoms with Gasteiger partial charge in [0.15, 0.2) is 0 Å². The highest BCUT2D eigenvalue weighted by atomic mass is 19.1. The Kier molecular flexibility index (Phi) is 4.90. The number of carbonyl (C=O) groups is 1. The molecular weight excluding hydrogens is 223 g/mol. The van der Waals surface area contributed by atoms with Crippen LogP contribution in [0.15, 0.2) is 18.2 Å². The van der Waals surface area contributed by atoms with Crippen LogP contribution in [0.25, 0.3) is 0 Å². The molecule has 0 saturated carbocycles. The lowest BCUT2D eigenvalue weighted by atomic mass is 10.1. The van der Waals surface area contributed by atoms with E-state index in [-0.39, 0.29) is 11.6 Å². The van der Waals surface area contributed by atoms with Crippen LogP contribution in [0.4, 0.5) is 4.39 Å². The van der Waals surface area contributed by atoms with Gasteiger partial charge in [0.25, 0.3) is 5.91 Å². The maximum atomic E-state index is 13.6. The summed E-state index contributed by atoms with van der Waals surface area (Å²) < 4.78 is 18.4. The average molecular weight is 240 g/mol. The van der Waals surface area contributed by atoms with Gasteiger partial charge in [-0.3, -0.25) is 4.79 Å². The summed E-state index contributed by atoms with van der Waals surface area (Å²) in [5.74, 6) is -0.680. The lowest BCUT2D eigenvalue weighted by Crippen LogP contribution is -2.39. The topological polar surface area (TPSA) is 64.3 Å². The van der Waals surface area contributed by atoms with Crippen LogP contribution in [0.5, 0.6) is 5.75 Å². The molecule has 0 spiro atoms. The number of nitrogens with two attached hydrogens (primary N) is 1. The zero-order valence-corrected chi connectivity index (χ0v) is 10.00. The molecule has 0 saturated heterocycles. The number of halogens is 1. The van der Waals surface area contributed by atoms with Crippen molar-refractivity contribution in [2.45, 2.75) is 19.4 Å². The Morgan fingerprint density at radius 1 is 1.59 bits per heavy atom. The first kappa shape index (κ1) is 13.4. The second-order valence-corrected chi connectivity index (χ2v) is 3.66. The quantitative estimate of drug-likeness (QED) is 0.815. The summed E-state index contributed by atoms with van der Waals surface area (Å²) >= 11 is 0. The van der Waals surface area contributed by atoms with Crippen LogP contribution >= 0.6 is 0 Å². The van der Waals surface area contributed by atoms with Crippen LogP contribution in [0.2, 0.25) is 0 Å². The van der Waals surface area contributed by atoms with Crippen molar-refractivity contribution < 1.29 is 13.9 Å². The van der Waals surface area contributed by atoms with Gasteiger partial charge in [0, 0.05) is 18.7 Å². The molecule has 5 heteroatoms. The van der Waals surface area contributed by atoms with Gasteiger partial charge in [-0.25, -0.2) is 4.39 Å². The predicted molar refractivity (Wildman–Crippen MR) is 63.6 cm³/mol. The van der Waals surface area contributed by atoms with E-state index in [0.29, 0.717) is 18.7 Å². The first-order valence-electron chi connectivity index (χ1n) is 5.46. The Bertz CT molecular complexity index is 392. The zero-order chi connectivity index (χ0) is 12.8. The molecule has 0 aliphatic rings. The molecule has 0 aromatic heterocycles. The van der Waals surface area contributed by atoms with E-state index < -0.39 is 11.7 Å². The highest BCUT2D eigenvalue weighted by Gasteiger charge is 2.15. The minimum absolute atomic E-state index is 0.00213. The van der Waals surface area contributed by atoms with Gasteiger partial charge < -0.3 is 15.8 Å². The monoisotopic (exact) mass is 240 g/mol. The van der Waals surface area contributed by atoms with Crippen LogP contribution < -0.4 is 15.8 Å². The molecule has 1 atom stereocenters. The van der Waals surface area contributed by atoms with Crippen LogP contribution in [0.3, 0.4) is 0 Å². The molecule has 1 aromatic carbocycles. The van der Waals surface area contributed by atoms with Crippen molar-refractivity contribution in [3.05, 3.63) is 29.6 Å². The van der Waals surface area contributed by atoms with Gasteiger partial charge in [-0.05, 0) is 18.6 Å². The Morgan fingerprint density at radius 2 is 2.29 bits per heavy atom. The molecule has 0 radical (unpaired) electrons. The van der Waals surface area contributed by atoms with Gasteiger partial charge in [0.2, 0.25) is 0 Å². The molecular formula is C12H17FN2O2. The maximum Gasteiger partial charge on any atom is 0.254 e. The molecule has 1 unspecified atom stereocenters. The third-order valence-corrected chi connectivity index (χ3v) is 2.53. The van der Waals surface area contributed by atoms with E-state index in [9.17, 15) is 9.18 Å². The van der Waals surface area contributed by atoms with Gasteiger partial charge in [0.05, 0.1) is 12.7 Å². The van der Waals surface area contributed by atoms with Crippen molar-refractivity contribution in [3.63, 3.8) is 0 Å². The predicted octanol–water partition coefficient (Wildman–Crippen LogP) is 1.30. The fraction of sp³-hybridized carbons (Fsp3) is 0.417. The normalized spacial score (nSPS) is 12.0. The molecule has 1 rings (SSSR count). The second-order valence-electron chi connectivity index (χ2n) is 3.66. The molecule has 1 amide bonds. The zero-order valence-electron chi connectivity index (χ0n) is 10.00. The number of hydrogen-bond donors (Lipinski definition) is 2. The number of hydrogen-bond acceptors (Lipinski definition) is 3. The van der Waals surface area contributed by atoms with Crippen LogP contribution in [0.1, 0.15) is 23.7 Å². The minimum atomic E-state index is -0.603. The van der Waals surface area contributed by atoms with Crippen LogP contribution in [-0.4, -0.2) is 25.6 Å². The van der Waals surface area contributed by atoms with Crippen LogP contribution in [0, 0.1) is 5.82 Å². The molecule has 0 fully saturated rings. The average Bonchev–Trinajstić information content (AvgIpc) is 2.35. The summed E-state index contributed by atoms with van der Waals surface area (Å²) in [5.41, 5.74) is 5.46. The molecule has 1 aromatic rings. The van der Waals surface area contributed by atoms with Gasteiger partial charge >= 0.3 is 0 Å². The van der Waals surface area contributed by atoms with Crippen molar-refractivity contribution in [1.82, 2.24) is 5.32 Å². The van der Waals surface area contributed by atoms with Crippen molar-refractivity contribution in [2.24, 2.45) is 5.73 Å². The van der Waals surface area contributed by atoms with E-state index in [2.05, 4.69) is 5.32 Å². The van der Waals surface area contributed by atoms with Gasteiger partial charge in [-0.1, -0.05) is 6.92 Å². The minimum Gasteiger partial charge on any atom is -0.497 e. The Morgan fingerprint density at radius 3 is 2.76 bits per heavy atom. The summed E-state index contributed by atoms with van der Waals surface area (Å²) in [6, 6.07) is 3.98. The third kappa shape index (κ3) is 3.42. The fourth-order valence-corrected chi connectivity index (χ4v) is 1.40. The van der Waals surface area contributed by atoms with E-state index in [1.165, 1.54) is 19.2 Å². The molecule has 0 bridgehead atoms. The van der Waals surface area contributed by atoms with E-state index in [4.69, 9.17) is 10.5 Å². The lowest BCUT2D eigenvalue weighted by Gasteiger charge is -2.15. The van der Waals surface area contributed by atoms with E-state index in [1.807, 2.05) is 6.92 Å². The number of amides is 1. The first-order valence-corrected chi connectivity index (χ1v) is 5.46. The number of nitrogens with one attached hydrogen (secondary N) is 1. The SMILES string of the molecule is CCC(CN)NC(=O)c1ccc(OC)cc1F. The van der Waals surface area contributed by atoms with Gasteiger partial charge in [-0.2, -0.15) is 0 Å². The summed E-state index contributed by atoms with van der Waals surface area (Å²) in [6.07, 6.45) is 0.708. The Hall–Kier alpha value is -1.62. The fourth-order valence-electron chi connectivity index (χ4n) is 1.40. The van der Waals surface area contributed by atoms with E-state index in [1.54, 1.807) is 6.07 Å². The van der Waals surface area contributed by atoms with Crippen molar-refractivity contribution >= 4 is 5.91 Å². The summed E-state index contributed by atoms with van der Waals surface area (Å²) in [5, 5.41) is 2.67. The summed E-state index contributed by atoms with van der Waals surface area (Å²) in [7, 11) is 1.44. The van der Waals surface area contributed by atoms with E-state index >= 15 is 0 Å². The lowest BCUT2D eigenvalue weighted by molar-refractivity contribution is 0.0933. The van der Waals surface area contributed by atoms with Gasteiger partial charge in [-0.15, -0.1) is 0 Å². The maximum absolute atomic E-state index is 13.6. The van der Waals surface area contributed by atoms with E-state index in [0.717, 1.165) is 0 Å². The molecule has 94 valence electrons. The first-order chi connectivity index (χ1) is 8.12. The van der Waals surface area contributed by atoms with Gasteiger partial charge in [0.1, 0.15) is 11.6 Å². The van der Waals surface area contributed by atoms with Crippen LogP contribution in [-0.2, 0) is 0 Å². The highest BCUT2D eigenvalue weighted by Crippen LogP contribution is 2.16. The number of rotatable bonds is 5. The smallest absolute Gasteiger partial charge is 0.254 e. The second kappa shape index (κ2) is 6.20. The standard InChI is InChI=1S/C12H17FN2O2/c1-3-8(7-14)15-12(16)10-5-4-9(17-2)6-11(10)13/h4-6,8H,3,7,14H2,1-2H3,(H,15,16). The number of ether oxygens (including phenoxy) is 1. The molecule has 17 heavy (non-hydrogen) atoms. The van der Waals surface area contributed by atoms with Crippen molar-refractivity contribution in [2.75, 3.05) is 13.7 Å². The summed E-state index contributed by atoms with van der Waals surface area (Å²) in [4.78, 5) is 11.7. The largest absolute Gasteiger partial charge is 0.497 e. The third-order valence-electron chi connectivity index (χ3n) is 2.53. The van der Waals surface area contributed by atoms with Crippen molar-refractivity contribution in [3.8, 4) is 5.75 Å².